The number of esters is 1. The standard InChI is InChI=1S/C38H48Cl2FN5O6/c1-24(47)52-27-14-19-44(20-15-27)21-16-30(36(50)42-29-11-10-28(39)34(40)35(29)41)43-37(51)31-22-25-8-4-5-9-26(25)23-45(31)32(48)12-13-33(49)46-18-7-6-17-38(46,2)3/h4-5,8-11,27,30-31H,6-7,12-23H2,1-3H3,(H,42,50)(H,43,51)/t30?,31-/m0/s1. The molecule has 0 saturated carbocycles. The van der Waals surface area contributed by atoms with Crippen molar-refractivity contribution in [1.82, 2.24) is 20.0 Å². The number of benzene rings is 2. The normalized spacial score (nSPS) is 19.7. The van der Waals surface area contributed by atoms with Crippen LogP contribution in [0.2, 0.25) is 10.0 Å². The SMILES string of the molecule is CC(=O)OC1CCN(CCC(NC(=O)[C@@H]2Cc3ccccc3CN2C(=O)CCC(=O)N2CCCCC2(C)C)C(=O)Nc2ccc(Cl)c(Cl)c2F)CC1. The number of fused-ring (bicyclic) bond motifs is 1. The maximum absolute atomic E-state index is 15.0. The first-order chi connectivity index (χ1) is 24.7. The molecule has 2 aromatic rings. The zero-order valence-electron chi connectivity index (χ0n) is 30.0. The Morgan fingerprint density at radius 1 is 0.962 bits per heavy atom. The summed E-state index contributed by atoms with van der Waals surface area (Å²) in [6.07, 6.45) is 4.34. The third kappa shape index (κ3) is 9.81. The van der Waals surface area contributed by atoms with Gasteiger partial charge in [0, 0.05) is 64.4 Å². The van der Waals surface area contributed by atoms with E-state index in [0.717, 1.165) is 30.4 Å². The zero-order valence-corrected chi connectivity index (χ0v) is 31.5. The molecule has 2 fully saturated rings. The topological polar surface area (TPSA) is 128 Å². The molecular weight excluding hydrogens is 712 g/mol. The van der Waals surface area contributed by atoms with Gasteiger partial charge in [-0.2, -0.15) is 0 Å². The fourth-order valence-electron chi connectivity index (χ4n) is 7.42. The Morgan fingerprint density at radius 2 is 1.65 bits per heavy atom. The predicted octanol–water partition coefficient (Wildman–Crippen LogP) is 5.50. The van der Waals surface area contributed by atoms with Gasteiger partial charge in [-0.3, -0.25) is 24.0 Å². The van der Waals surface area contributed by atoms with Crippen LogP contribution in [-0.4, -0.2) is 94.2 Å². The van der Waals surface area contributed by atoms with E-state index in [1.54, 1.807) is 0 Å². The Morgan fingerprint density at radius 3 is 2.35 bits per heavy atom. The van der Waals surface area contributed by atoms with Gasteiger partial charge < -0.3 is 30.1 Å². The lowest BCUT2D eigenvalue weighted by Gasteiger charge is -2.42. The first-order valence-electron chi connectivity index (χ1n) is 18.0. The van der Waals surface area contributed by atoms with Crippen LogP contribution in [0.15, 0.2) is 36.4 Å². The summed E-state index contributed by atoms with van der Waals surface area (Å²) in [5.74, 6) is -2.84. The highest BCUT2D eigenvalue weighted by Crippen LogP contribution is 2.31. The minimum Gasteiger partial charge on any atom is -0.462 e. The van der Waals surface area contributed by atoms with E-state index in [4.69, 9.17) is 27.9 Å². The summed E-state index contributed by atoms with van der Waals surface area (Å²) in [4.78, 5) is 72.0. The molecule has 0 aromatic heterocycles. The number of hydrogen-bond acceptors (Lipinski definition) is 7. The monoisotopic (exact) mass is 759 g/mol. The number of piperidine rings is 2. The molecule has 52 heavy (non-hydrogen) atoms. The Balaban J connectivity index is 1.32. The molecule has 3 aliphatic rings. The molecule has 2 aromatic carbocycles. The largest absolute Gasteiger partial charge is 0.462 e. The van der Waals surface area contributed by atoms with Crippen LogP contribution in [-0.2, 0) is 41.7 Å². The van der Waals surface area contributed by atoms with E-state index in [1.807, 2.05) is 43.0 Å². The molecule has 0 bridgehead atoms. The van der Waals surface area contributed by atoms with Crippen LogP contribution >= 0.6 is 23.2 Å². The lowest BCUT2D eigenvalue weighted by atomic mass is 9.90. The van der Waals surface area contributed by atoms with Gasteiger partial charge in [0.1, 0.15) is 18.2 Å². The molecule has 1 unspecified atom stereocenters. The van der Waals surface area contributed by atoms with Crippen LogP contribution in [0.5, 0.6) is 0 Å². The van der Waals surface area contributed by atoms with Crippen molar-refractivity contribution in [2.45, 2.75) is 109 Å². The second-order valence-corrected chi connectivity index (χ2v) is 15.3. The summed E-state index contributed by atoms with van der Waals surface area (Å²) in [6.45, 7) is 7.96. The highest BCUT2D eigenvalue weighted by atomic mass is 35.5. The number of ether oxygens (including phenoxy) is 1. The summed E-state index contributed by atoms with van der Waals surface area (Å²) >= 11 is 12.0. The van der Waals surface area contributed by atoms with E-state index in [9.17, 15) is 28.4 Å². The van der Waals surface area contributed by atoms with Crippen LogP contribution in [0, 0.1) is 5.82 Å². The first-order valence-corrected chi connectivity index (χ1v) is 18.8. The Kier molecular flexibility index (Phi) is 13.2. The van der Waals surface area contributed by atoms with E-state index < -0.39 is 29.7 Å². The van der Waals surface area contributed by atoms with Gasteiger partial charge in [-0.05, 0) is 75.6 Å². The third-order valence-corrected chi connectivity index (χ3v) is 11.2. The number of carbonyl (C=O) groups is 5. The summed E-state index contributed by atoms with van der Waals surface area (Å²) in [6, 6.07) is 8.19. The molecule has 2 saturated heterocycles. The summed E-state index contributed by atoms with van der Waals surface area (Å²) in [7, 11) is 0. The van der Waals surface area contributed by atoms with Gasteiger partial charge >= 0.3 is 5.97 Å². The predicted molar refractivity (Wildman–Crippen MR) is 196 cm³/mol. The van der Waals surface area contributed by atoms with Crippen LogP contribution in [0.1, 0.15) is 83.3 Å². The van der Waals surface area contributed by atoms with Gasteiger partial charge in [-0.25, -0.2) is 4.39 Å². The van der Waals surface area contributed by atoms with Crippen molar-refractivity contribution < 1.29 is 33.1 Å². The second kappa shape index (κ2) is 17.4. The van der Waals surface area contributed by atoms with Gasteiger partial charge in [-0.15, -0.1) is 0 Å². The average Bonchev–Trinajstić information content (AvgIpc) is 3.11. The number of anilines is 1. The molecule has 2 atom stereocenters. The lowest BCUT2D eigenvalue weighted by Crippen LogP contribution is -2.56. The van der Waals surface area contributed by atoms with Gasteiger partial charge in [0.15, 0.2) is 5.82 Å². The van der Waals surface area contributed by atoms with Crippen molar-refractivity contribution in [3.8, 4) is 0 Å². The van der Waals surface area contributed by atoms with E-state index in [0.29, 0.717) is 39.0 Å². The average molecular weight is 761 g/mol. The molecule has 5 rings (SSSR count). The van der Waals surface area contributed by atoms with Gasteiger partial charge in [-0.1, -0.05) is 47.5 Å². The molecular formula is C38H48Cl2FN5O6. The second-order valence-electron chi connectivity index (χ2n) is 14.5. The highest BCUT2D eigenvalue weighted by Gasteiger charge is 2.38. The smallest absolute Gasteiger partial charge is 0.302 e. The molecule has 11 nitrogen and oxygen atoms in total. The fraction of sp³-hybridized carbons (Fsp3) is 0.553. The lowest BCUT2D eigenvalue weighted by molar-refractivity contribution is -0.148. The number of carbonyl (C=O) groups excluding carboxylic acids is 5. The molecule has 3 heterocycles. The summed E-state index contributed by atoms with van der Waals surface area (Å²) in [5.41, 5.74) is 1.35. The summed E-state index contributed by atoms with van der Waals surface area (Å²) in [5, 5.41) is 5.07. The molecule has 4 amide bonds. The van der Waals surface area contributed by atoms with Crippen molar-refractivity contribution in [3.63, 3.8) is 0 Å². The minimum atomic E-state index is -1.11. The highest BCUT2D eigenvalue weighted by molar-refractivity contribution is 6.42. The maximum Gasteiger partial charge on any atom is 0.302 e. The molecule has 282 valence electrons. The first kappa shape index (κ1) is 39.5. The quantitative estimate of drug-likeness (QED) is 0.229. The molecule has 2 N–H and O–H groups in total. The minimum absolute atomic E-state index is 0.0112. The van der Waals surface area contributed by atoms with E-state index >= 15 is 0 Å². The van der Waals surface area contributed by atoms with Gasteiger partial charge in [0.05, 0.1) is 15.7 Å². The number of rotatable bonds is 11. The van der Waals surface area contributed by atoms with Gasteiger partial charge in [0.25, 0.3) is 0 Å². The fourth-order valence-corrected chi connectivity index (χ4v) is 7.73. The van der Waals surface area contributed by atoms with Crippen LogP contribution in [0.25, 0.3) is 0 Å². The van der Waals surface area contributed by atoms with E-state index in [1.165, 1.54) is 24.0 Å². The van der Waals surface area contributed by atoms with E-state index in [2.05, 4.69) is 15.5 Å². The van der Waals surface area contributed by atoms with Crippen molar-refractivity contribution in [2.75, 3.05) is 31.5 Å². The number of nitrogens with zero attached hydrogens (tertiary/aromatic N) is 3. The molecule has 3 aliphatic heterocycles. The Labute approximate surface area is 314 Å². The number of hydrogen-bond donors (Lipinski definition) is 2. The molecule has 0 radical (unpaired) electrons. The van der Waals surface area contributed by atoms with E-state index in [-0.39, 0.29) is 77.4 Å². The van der Waals surface area contributed by atoms with Crippen molar-refractivity contribution in [3.05, 3.63) is 63.4 Å². The Bertz CT molecular complexity index is 1670. The summed E-state index contributed by atoms with van der Waals surface area (Å²) < 4.78 is 20.3. The number of halogens is 3. The number of likely N-dealkylation sites (tertiary alicyclic amines) is 2. The van der Waals surface area contributed by atoms with Crippen LogP contribution in [0.4, 0.5) is 10.1 Å². The third-order valence-electron chi connectivity index (χ3n) is 10.4. The zero-order chi connectivity index (χ0) is 37.6. The van der Waals surface area contributed by atoms with Crippen LogP contribution in [0.3, 0.4) is 0 Å². The van der Waals surface area contributed by atoms with Crippen molar-refractivity contribution in [2.24, 2.45) is 0 Å². The molecule has 14 heteroatoms. The van der Waals surface area contributed by atoms with Gasteiger partial charge in [0.2, 0.25) is 23.6 Å². The maximum atomic E-state index is 15.0. The van der Waals surface area contributed by atoms with Crippen molar-refractivity contribution >= 4 is 58.5 Å². The van der Waals surface area contributed by atoms with Crippen molar-refractivity contribution in [1.29, 1.82) is 0 Å². The molecule has 0 spiro atoms. The number of amides is 4. The molecule has 0 aliphatic carbocycles. The number of nitrogens with one attached hydrogen (secondary N) is 2. The van der Waals surface area contributed by atoms with Crippen LogP contribution < -0.4 is 10.6 Å². The Hall–Kier alpha value is -3.74.